The van der Waals surface area contributed by atoms with Crippen LogP contribution in [0, 0.1) is 51.8 Å². The van der Waals surface area contributed by atoms with Crippen LogP contribution in [-0.2, 0) is 0 Å². The molecule has 6 unspecified atom stereocenters. The maximum atomic E-state index is 5.77. The van der Waals surface area contributed by atoms with Gasteiger partial charge >= 0.3 is 0 Å². The largest absolute Gasteiger partial charge is 0.103 e. The van der Waals surface area contributed by atoms with Crippen LogP contribution in [-0.4, -0.2) is 0 Å². The second kappa shape index (κ2) is 10.5. The third-order valence-electron chi connectivity index (χ3n) is 8.41. The van der Waals surface area contributed by atoms with Crippen molar-refractivity contribution in [2.24, 2.45) is 51.8 Å². The minimum Gasteiger partial charge on any atom is -0.0898 e. The van der Waals surface area contributed by atoms with Crippen LogP contribution in [0.2, 0.25) is 0 Å². The molecule has 30 heavy (non-hydrogen) atoms. The Labute approximate surface area is 217 Å². The van der Waals surface area contributed by atoms with Crippen molar-refractivity contribution in [2.45, 2.75) is 69.2 Å². The Hall–Kier alpha value is 1.05. The van der Waals surface area contributed by atoms with Crippen LogP contribution in [0.15, 0.2) is 31.1 Å². The third-order valence-corrected chi connectivity index (χ3v) is 9.31. The van der Waals surface area contributed by atoms with Crippen molar-refractivity contribution in [1.29, 1.82) is 0 Å². The van der Waals surface area contributed by atoms with Gasteiger partial charge in [0.05, 0.1) is 3.39 Å². The van der Waals surface area contributed by atoms with Crippen LogP contribution in [0.25, 0.3) is 0 Å². The molecule has 0 aromatic rings. The summed E-state index contributed by atoms with van der Waals surface area (Å²) in [6.07, 6.45) is 6.35. The highest BCUT2D eigenvalue weighted by Crippen LogP contribution is 2.60. The molecule has 0 aromatic heterocycles. The minimum absolute atomic E-state index is 0.405. The van der Waals surface area contributed by atoms with Gasteiger partial charge in [-0.1, -0.05) is 115 Å². The van der Waals surface area contributed by atoms with E-state index in [-0.39, 0.29) is 0 Å². The predicted octanol–water partition coefficient (Wildman–Crippen LogP) is 10.9. The van der Waals surface area contributed by atoms with Crippen molar-refractivity contribution in [3.63, 3.8) is 0 Å². The van der Waals surface area contributed by atoms with E-state index >= 15 is 0 Å². The highest BCUT2D eigenvalue weighted by Gasteiger charge is 2.54. The Bertz CT molecular complexity index is 596. The Kier molecular flexibility index (Phi) is 10.2. The first-order valence-corrected chi connectivity index (χ1v) is 13.5. The molecule has 0 heterocycles. The lowest BCUT2D eigenvalue weighted by molar-refractivity contribution is 0.570. The molecule has 0 radical (unpaired) electrons. The fourth-order valence-corrected chi connectivity index (χ4v) is 5.39. The zero-order chi connectivity index (χ0) is 23.8. The van der Waals surface area contributed by atoms with E-state index < -0.39 is 0 Å². The maximum absolute atomic E-state index is 5.77. The van der Waals surface area contributed by atoms with Gasteiger partial charge in [-0.3, -0.25) is 0 Å². The molecule has 3 rings (SSSR count). The van der Waals surface area contributed by atoms with E-state index in [1.54, 1.807) is 0 Å². The fourth-order valence-electron chi connectivity index (χ4n) is 4.42. The number of rotatable bonds is 3. The van der Waals surface area contributed by atoms with E-state index in [0.29, 0.717) is 32.6 Å². The van der Waals surface area contributed by atoms with Crippen LogP contribution >= 0.6 is 66.7 Å². The molecule has 0 bridgehead atoms. The molecule has 174 valence electrons. The molecule has 0 nitrogen and oxygen atoms in total. The smallest absolute Gasteiger partial charge is 0.0898 e. The molecule has 0 spiro atoms. The van der Waals surface area contributed by atoms with Gasteiger partial charge in [0, 0.05) is 5.03 Å². The maximum Gasteiger partial charge on any atom is 0.103 e. The summed E-state index contributed by atoms with van der Waals surface area (Å²) < 4.78 is 1.49. The van der Waals surface area contributed by atoms with E-state index in [4.69, 9.17) is 34.8 Å². The lowest BCUT2D eigenvalue weighted by Gasteiger charge is -1.96. The molecule has 3 aliphatic carbocycles. The zero-order valence-electron chi connectivity index (χ0n) is 20.1. The van der Waals surface area contributed by atoms with Gasteiger partial charge < -0.3 is 0 Å². The first kappa shape index (κ1) is 29.1. The second-order valence-electron chi connectivity index (χ2n) is 11.1. The SMILES string of the molecule is CC(Cl)=CC1C(C)C1(C)C.CC1C(C=C(Br)Br)C1(C)C.CC1C(C=C(Cl)Cl)C1(C)C. The van der Waals surface area contributed by atoms with Crippen LogP contribution in [0.1, 0.15) is 69.2 Å². The summed E-state index contributed by atoms with van der Waals surface area (Å²) in [6, 6.07) is 0. The van der Waals surface area contributed by atoms with Gasteiger partial charge in [0.15, 0.2) is 0 Å². The third kappa shape index (κ3) is 7.54. The first-order chi connectivity index (χ1) is 13.4. The number of allylic oxidation sites excluding steroid dienone is 4. The van der Waals surface area contributed by atoms with Crippen molar-refractivity contribution in [1.82, 2.24) is 0 Å². The van der Waals surface area contributed by atoms with Gasteiger partial charge in [0.25, 0.3) is 0 Å². The van der Waals surface area contributed by atoms with Gasteiger partial charge in [-0.25, -0.2) is 0 Å². The van der Waals surface area contributed by atoms with Crippen LogP contribution in [0.4, 0.5) is 0 Å². The zero-order valence-corrected chi connectivity index (χ0v) is 25.5. The van der Waals surface area contributed by atoms with E-state index in [9.17, 15) is 0 Å². The Morgan fingerprint density at radius 2 is 0.900 bits per heavy atom. The monoisotopic (exact) mass is 602 g/mol. The highest BCUT2D eigenvalue weighted by molar-refractivity contribution is 9.28. The normalized spacial score (nSPS) is 36.2. The van der Waals surface area contributed by atoms with Crippen LogP contribution < -0.4 is 0 Å². The minimum atomic E-state index is 0.405. The van der Waals surface area contributed by atoms with Crippen LogP contribution in [0.5, 0.6) is 0 Å². The van der Waals surface area contributed by atoms with Crippen molar-refractivity contribution in [3.8, 4) is 0 Å². The summed E-state index contributed by atoms with van der Waals surface area (Å²) in [5.41, 5.74) is 1.43. The molecule has 0 aliphatic heterocycles. The highest BCUT2D eigenvalue weighted by atomic mass is 79.9. The van der Waals surface area contributed by atoms with Crippen molar-refractivity contribution in [3.05, 3.63) is 31.1 Å². The average Bonchev–Trinajstić information content (AvgIpc) is 3.38. The lowest BCUT2D eigenvalue weighted by Crippen LogP contribution is -1.87. The standard InChI is InChI=1S/C9H15Cl.C8H12Br2.C8H12Cl2/c1-6(10)5-8-7(2)9(8,3)4;2*1-5-6(4-7(9)10)8(5,2)3/h5,7-8H,1-4H3;2*4-6H,1-3H3. The average molecular weight is 606 g/mol. The topological polar surface area (TPSA) is 0 Å². The van der Waals surface area contributed by atoms with Crippen LogP contribution in [0.3, 0.4) is 0 Å². The number of hydrogen-bond acceptors (Lipinski definition) is 0. The molecule has 6 atom stereocenters. The van der Waals surface area contributed by atoms with E-state index in [2.05, 4.69) is 106 Å². The molecule has 0 aromatic carbocycles. The summed E-state index contributed by atoms with van der Waals surface area (Å²) in [5, 5.41) is 0.933. The fraction of sp³-hybridized carbons (Fsp3) is 0.760. The molecular formula is C25H39Br2Cl3. The Morgan fingerprint density at radius 1 is 0.633 bits per heavy atom. The Balaban J connectivity index is 0.000000225. The van der Waals surface area contributed by atoms with E-state index in [0.717, 1.165) is 32.1 Å². The molecule has 0 N–H and O–H groups in total. The molecule has 3 aliphatic rings. The van der Waals surface area contributed by atoms with Gasteiger partial charge in [-0.2, -0.15) is 0 Å². The van der Waals surface area contributed by atoms with Gasteiger partial charge in [0.1, 0.15) is 4.49 Å². The van der Waals surface area contributed by atoms with E-state index in [1.165, 1.54) is 0 Å². The molecule has 0 amide bonds. The molecular weight excluding hydrogens is 566 g/mol. The molecule has 3 fully saturated rings. The quantitative estimate of drug-likeness (QED) is 0.300. The summed E-state index contributed by atoms with van der Waals surface area (Å²) in [5.74, 6) is 4.41. The Morgan fingerprint density at radius 3 is 1.00 bits per heavy atom. The van der Waals surface area contributed by atoms with Gasteiger partial charge in [-0.05, 0) is 90.5 Å². The number of halogens is 5. The summed E-state index contributed by atoms with van der Waals surface area (Å²) in [7, 11) is 0. The summed E-state index contributed by atoms with van der Waals surface area (Å²) in [6.45, 7) is 22.4. The molecule has 5 heteroatoms. The molecule has 3 saturated carbocycles. The lowest BCUT2D eigenvalue weighted by atomic mass is 10.1. The van der Waals surface area contributed by atoms with Crippen molar-refractivity contribution >= 4 is 66.7 Å². The number of hydrogen-bond donors (Lipinski definition) is 0. The van der Waals surface area contributed by atoms with E-state index in [1.807, 2.05) is 13.0 Å². The van der Waals surface area contributed by atoms with Gasteiger partial charge in [0.2, 0.25) is 0 Å². The van der Waals surface area contributed by atoms with Gasteiger partial charge in [-0.15, -0.1) is 0 Å². The predicted molar refractivity (Wildman–Crippen MR) is 145 cm³/mol. The van der Waals surface area contributed by atoms with Crippen molar-refractivity contribution in [2.75, 3.05) is 0 Å². The first-order valence-electron chi connectivity index (χ1n) is 10.8. The summed E-state index contributed by atoms with van der Waals surface area (Å²) in [4.78, 5) is 0. The second-order valence-corrected chi connectivity index (χ2v) is 15.5. The summed E-state index contributed by atoms with van der Waals surface area (Å²) >= 11 is 23.6. The molecule has 0 saturated heterocycles. The van der Waals surface area contributed by atoms with Crippen molar-refractivity contribution < 1.29 is 0 Å².